The number of hydrogen-bond acceptors (Lipinski definition) is 3. The Morgan fingerprint density at radius 3 is 2.05 bits per heavy atom. The van der Waals surface area contributed by atoms with Crippen LogP contribution < -0.4 is 0 Å². The van der Waals surface area contributed by atoms with Gasteiger partial charge in [0, 0.05) is 0 Å². The third kappa shape index (κ3) is 10.5. The third-order valence-electron chi connectivity index (χ3n) is 3.89. The normalized spacial score (nSPS) is 14.3. The number of methoxy groups -OCH3 is 1. The second kappa shape index (κ2) is 14.1. The van der Waals surface area contributed by atoms with Crippen LogP contribution in [0.1, 0.15) is 78.1 Å². The minimum absolute atomic E-state index is 0.350. The average Bonchev–Trinajstić information content (AvgIpc) is 2.50. The van der Waals surface area contributed by atoms with Crippen LogP contribution in [0.25, 0.3) is 0 Å². The summed E-state index contributed by atoms with van der Waals surface area (Å²) in [4.78, 5) is 11.6. The number of carbonyl (C=O) groups excluding carboxylic acids is 1. The fraction of sp³-hybridized carbons (Fsp3) is 0.833. The lowest BCUT2D eigenvalue weighted by molar-refractivity contribution is -0.147. The van der Waals surface area contributed by atoms with Crippen LogP contribution >= 0.6 is 0 Å². The van der Waals surface area contributed by atoms with Crippen molar-refractivity contribution >= 4 is 5.97 Å². The molecule has 0 saturated carbocycles. The molecule has 0 radical (unpaired) electrons. The van der Waals surface area contributed by atoms with Gasteiger partial charge in [-0.3, -0.25) is 4.79 Å². The first-order chi connectivity index (χ1) is 10.2. The molecular weight excluding hydrogens is 264 g/mol. The first kappa shape index (κ1) is 20.2. The van der Waals surface area contributed by atoms with E-state index >= 15 is 0 Å². The third-order valence-corrected chi connectivity index (χ3v) is 3.89. The summed E-state index contributed by atoms with van der Waals surface area (Å²) in [6.45, 7) is 4.09. The zero-order chi connectivity index (χ0) is 15.9. The average molecular weight is 298 g/mol. The summed E-state index contributed by atoms with van der Waals surface area (Å²) in [6.07, 6.45) is 14.9. The van der Waals surface area contributed by atoms with Crippen molar-refractivity contribution in [2.45, 2.75) is 84.2 Å². The molecule has 0 spiro atoms. The number of allylic oxidation sites excluding steroid dienone is 1. The van der Waals surface area contributed by atoms with E-state index in [1.165, 1.54) is 52.1 Å². The highest BCUT2D eigenvalue weighted by atomic mass is 16.5. The van der Waals surface area contributed by atoms with E-state index in [0.29, 0.717) is 6.42 Å². The van der Waals surface area contributed by atoms with Crippen LogP contribution in [0.3, 0.4) is 0 Å². The second-order valence-electron chi connectivity index (χ2n) is 5.76. The van der Waals surface area contributed by atoms with Gasteiger partial charge in [-0.1, -0.05) is 76.9 Å². The standard InChI is InChI=1S/C18H34O3/c1-4-6-7-8-9-10-11-12-13-15-17(19)16(14-5-2)18(20)21-3/h5,14,16-17,19H,4,6-13,15H2,1-3H3/b14-5-/t16-,17-/m0/s1. The molecule has 0 saturated heterocycles. The van der Waals surface area contributed by atoms with Crippen molar-refractivity contribution in [1.29, 1.82) is 0 Å². The van der Waals surface area contributed by atoms with E-state index in [-0.39, 0.29) is 5.97 Å². The fourth-order valence-corrected chi connectivity index (χ4v) is 2.55. The van der Waals surface area contributed by atoms with Crippen LogP contribution in [-0.2, 0) is 9.53 Å². The topological polar surface area (TPSA) is 46.5 Å². The molecule has 3 nitrogen and oxygen atoms in total. The van der Waals surface area contributed by atoms with Gasteiger partial charge in [0.25, 0.3) is 0 Å². The Morgan fingerprint density at radius 1 is 1.05 bits per heavy atom. The monoisotopic (exact) mass is 298 g/mol. The van der Waals surface area contributed by atoms with Gasteiger partial charge in [0.1, 0.15) is 5.92 Å². The number of unbranched alkanes of at least 4 members (excludes halogenated alkanes) is 8. The van der Waals surface area contributed by atoms with E-state index in [2.05, 4.69) is 6.92 Å². The molecule has 0 unspecified atom stereocenters. The number of hydrogen-bond donors (Lipinski definition) is 1. The van der Waals surface area contributed by atoms with Gasteiger partial charge in [-0.2, -0.15) is 0 Å². The van der Waals surface area contributed by atoms with Crippen molar-refractivity contribution in [2.24, 2.45) is 5.92 Å². The molecule has 21 heavy (non-hydrogen) atoms. The molecule has 2 atom stereocenters. The zero-order valence-corrected chi connectivity index (χ0v) is 14.1. The van der Waals surface area contributed by atoms with Crippen LogP contribution in [0.2, 0.25) is 0 Å². The number of aliphatic hydroxyl groups is 1. The highest BCUT2D eigenvalue weighted by Crippen LogP contribution is 2.16. The van der Waals surface area contributed by atoms with E-state index in [1.807, 2.05) is 6.92 Å². The zero-order valence-electron chi connectivity index (χ0n) is 14.1. The van der Waals surface area contributed by atoms with Gasteiger partial charge in [0.2, 0.25) is 0 Å². The van der Waals surface area contributed by atoms with Gasteiger partial charge in [-0.15, -0.1) is 0 Å². The molecule has 0 bridgehead atoms. The lowest BCUT2D eigenvalue weighted by atomic mass is 9.96. The molecule has 0 rings (SSSR count). The Labute approximate surface area is 130 Å². The largest absolute Gasteiger partial charge is 0.468 e. The quantitative estimate of drug-likeness (QED) is 0.306. The van der Waals surface area contributed by atoms with Crippen molar-refractivity contribution in [3.8, 4) is 0 Å². The molecule has 3 heteroatoms. The Balaban J connectivity index is 3.68. The van der Waals surface area contributed by atoms with Gasteiger partial charge in [-0.05, 0) is 13.3 Å². The van der Waals surface area contributed by atoms with Crippen LogP contribution in [0.15, 0.2) is 12.2 Å². The predicted molar refractivity (Wildman–Crippen MR) is 88.2 cm³/mol. The molecule has 0 fully saturated rings. The van der Waals surface area contributed by atoms with Gasteiger partial charge < -0.3 is 9.84 Å². The highest BCUT2D eigenvalue weighted by Gasteiger charge is 2.24. The number of ether oxygens (including phenoxy) is 1. The summed E-state index contributed by atoms with van der Waals surface area (Å²) in [5, 5.41) is 10.1. The van der Waals surface area contributed by atoms with Crippen LogP contribution in [0, 0.1) is 5.92 Å². The van der Waals surface area contributed by atoms with Gasteiger partial charge in [-0.25, -0.2) is 0 Å². The first-order valence-electron chi connectivity index (χ1n) is 8.56. The minimum atomic E-state index is -0.627. The molecule has 0 aliphatic rings. The second-order valence-corrected chi connectivity index (χ2v) is 5.76. The van der Waals surface area contributed by atoms with Crippen molar-refractivity contribution in [2.75, 3.05) is 7.11 Å². The summed E-state index contributed by atoms with van der Waals surface area (Å²) in [5.74, 6) is -0.870. The minimum Gasteiger partial charge on any atom is -0.468 e. The molecule has 0 aromatic carbocycles. The maximum absolute atomic E-state index is 11.6. The van der Waals surface area contributed by atoms with E-state index in [9.17, 15) is 9.90 Å². The fourth-order valence-electron chi connectivity index (χ4n) is 2.55. The van der Waals surface area contributed by atoms with Gasteiger partial charge in [0.15, 0.2) is 0 Å². The number of rotatable bonds is 13. The van der Waals surface area contributed by atoms with Gasteiger partial charge in [0.05, 0.1) is 13.2 Å². The maximum atomic E-state index is 11.6. The highest BCUT2D eigenvalue weighted by molar-refractivity contribution is 5.74. The summed E-state index contributed by atoms with van der Waals surface area (Å²) < 4.78 is 4.73. The Kier molecular flexibility index (Phi) is 13.6. The molecule has 0 aliphatic carbocycles. The molecular formula is C18H34O3. The van der Waals surface area contributed by atoms with E-state index < -0.39 is 12.0 Å². The van der Waals surface area contributed by atoms with Crippen LogP contribution in [-0.4, -0.2) is 24.3 Å². The Bertz CT molecular complexity index is 274. The summed E-state index contributed by atoms with van der Waals surface area (Å²) in [7, 11) is 1.37. The van der Waals surface area contributed by atoms with Crippen molar-refractivity contribution in [1.82, 2.24) is 0 Å². The van der Waals surface area contributed by atoms with Crippen LogP contribution in [0.5, 0.6) is 0 Å². The molecule has 0 aliphatic heterocycles. The SMILES string of the molecule is C/C=C\[C@H](C(=O)OC)[C@@H](O)CCCCCCCCCCC. The van der Waals surface area contributed by atoms with E-state index in [4.69, 9.17) is 4.74 Å². The van der Waals surface area contributed by atoms with Crippen LogP contribution in [0.4, 0.5) is 0 Å². The maximum Gasteiger partial charge on any atom is 0.315 e. The first-order valence-corrected chi connectivity index (χ1v) is 8.56. The van der Waals surface area contributed by atoms with Crippen molar-refractivity contribution in [3.05, 3.63) is 12.2 Å². The van der Waals surface area contributed by atoms with Crippen molar-refractivity contribution < 1.29 is 14.6 Å². The van der Waals surface area contributed by atoms with Gasteiger partial charge >= 0.3 is 5.97 Å². The summed E-state index contributed by atoms with van der Waals surface area (Å²) >= 11 is 0. The molecule has 124 valence electrons. The lowest BCUT2D eigenvalue weighted by Gasteiger charge is -2.17. The molecule has 0 aromatic rings. The molecule has 0 amide bonds. The van der Waals surface area contributed by atoms with Crippen molar-refractivity contribution in [3.63, 3.8) is 0 Å². The predicted octanol–water partition coefficient (Wildman–Crippen LogP) is 4.63. The Hall–Kier alpha value is -0.830. The molecule has 1 N–H and O–H groups in total. The van der Waals surface area contributed by atoms with E-state index in [1.54, 1.807) is 12.2 Å². The number of esters is 1. The molecule has 0 heterocycles. The Morgan fingerprint density at radius 2 is 1.57 bits per heavy atom. The number of carbonyl (C=O) groups is 1. The smallest absolute Gasteiger partial charge is 0.315 e. The summed E-state index contributed by atoms with van der Waals surface area (Å²) in [5.41, 5.74) is 0. The lowest BCUT2D eigenvalue weighted by Crippen LogP contribution is -2.27. The van der Waals surface area contributed by atoms with E-state index in [0.717, 1.165) is 12.8 Å². The molecule has 0 aromatic heterocycles. The summed E-state index contributed by atoms with van der Waals surface area (Å²) in [6, 6.07) is 0. The number of aliphatic hydroxyl groups excluding tert-OH is 1.